The van der Waals surface area contributed by atoms with E-state index in [2.05, 4.69) is 10.6 Å². The molecule has 0 fully saturated rings. The molecule has 1 aliphatic heterocycles. The van der Waals surface area contributed by atoms with Crippen LogP contribution in [-0.2, 0) is 11.2 Å². The van der Waals surface area contributed by atoms with Crippen LogP contribution in [0.15, 0.2) is 22.4 Å². The number of hydrogen-bond donors (Lipinski definition) is 3. The minimum atomic E-state index is -0.675. The lowest BCUT2D eigenvalue weighted by Crippen LogP contribution is -2.36. The maximum Gasteiger partial charge on any atom is 0.413 e. The molecule has 1 aromatic carbocycles. The second-order valence-corrected chi connectivity index (χ2v) is 12.0. The van der Waals surface area contributed by atoms with Crippen molar-refractivity contribution in [1.82, 2.24) is 10.6 Å². The Morgan fingerprint density at radius 3 is 2.78 bits per heavy atom. The molecule has 1 aliphatic carbocycles. The van der Waals surface area contributed by atoms with E-state index in [4.69, 9.17) is 14.9 Å². The van der Waals surface area contributed by atoms with Gasteiger partial charge in [0.05, 0.1) is 15.7 Å². The van der Waals surface area contributed by atoms with Gasteiger partial charge in [0.2, 0.25) is 0 Å². The highest BCUT2D eigenvalue weighted by molar-refractivity contribution is 8.00. The van der Waals surface area contributed by atoms with E-state index in [1.54, 1.807) is 32.9 Å². The number of ether oxygens (including phenoxy) is 2. The van der Waals surface area contributed by atoms with Crippen molar-refractivity contribution in [2.75, 3.05) is 19.4 Å². The summed E-state index contributed by atoms with van der Waals surface area (Å²) in [4.78, 5) is 38.1. The predicted molar refractivity (Wildman–Crippen MR) is 141 cm³/mol. The van der Waals surface area contributed by atoms with E-state index in [-0.39, 0.29) is 23.4 Å². The van der Waals surface area contributed by atoms with Gasteiger partial charge >= 0.3 is 6.09 Å². The molecule has 1 atom stereocenters. The molecule has 8 nitrogen and oxygen atoms in total. The summed E-state index contributed by atoms with van der Waals surface area (Å²) < 4.78 is 12.0. The normalized spacial score (nSPS) is 16.6. The molecule has 0 spiro atoms. The summed E-state index contributed by atoms with van der Waals surface area (Å²) in [5.41, 5.74) is 2.49. The van der Waals surface area contributed by atoms with Crippen LogP contribution in [0.4, 0.5) is 4.79 Å². The van der Waals surface area contributed by atoms with Crippen molar-refractivity contribution >= 4 is 46.7 Å². The topological polar surface area (TPSA) is 118 Å². The number of hydrogen-bond acceptors (Lipinski definition) is 8. The largest absolute Gasteiger partial charge is 0.493 e. The molecule has 36 heavy (non-hydrogen) atoms. The van der Waals surface area contributed by atoms with E-state index < -0.39 is 11.7 Å². The highest BCUT2D eigenvalue weighted by Gasteiger charge is 2.30. The minimum absolute atomic E-state index is 0.0485. The molecular weight excluding hydrogens is 498 g/mol. The third-order valence-electron chi connectivity index (χ3n) is 6.06. The minimum Gasteiger partial charge on any atom is -0.493 e. The summed E-state index contributed by atoms with van der Waals surface area (Å²) >= 11 is 2.93. The number of benzene rings is 1. The molecule has 2 aliphatic rings. The Hall–Kier alpha value is -2.85. The molecule has 2 heterocycles. The fourth-order valence-corrected chi connectivity index (χ4v) is 6.47. The number of alkyl carbamates (subject to hydrolysis) is 1. The molecule has 1 aromatic heterocycles. The van der Waals surface area contributed by atoms with Gasteiger partial charge < -0.3 is 14.8 Å². The van der Waals surface area contributed by atoms with Crippen LogP contribution >= 0.6 is 23.1 Å². The molecule has 192 valence electrons. The maximum atomic E-state index is 13.0. The Kier molecular flexibility index (Phi) is 7.75. The molecule has 0 saturated heterocycles. The Morgan fingerprint density at radius 1 is 1.28 bits per heavy atom. The number of amides is 2. The SMILES string of the molecule is CSc1sc(C(=O)NCCC2COc3ccc(C(=N)NC(=O)OC(C)(C)C)cc32)c2c1C(=O)CCC2. The molecule has 10 heteroatoms. The van der Waals surface area contributed by atoms with Gasteiger partial charge in [0.1, 0.15) is 17.2 Å². The maximum absolute atomic E-state index is 13.0. The van der Waals surface area contributed by atoms with Crippen molar-refractivity contribution < 1.29 is 23.9 Å². The Bertz CT molecular complexity index is 1210. The molecule has 0 radical (unpaired) electrons. The number of thiophene rings is 1. The highest BCUT2D eigenvalue weighted by Crippen LogP contribution is 2.40. The summed E-state index contributed by atoms with van der Waals surface area (Å²) in [6.07, 6.45) is 4.02. The smallest absolute Gasteiger partial charge is 0.413 e. The van der Waals surface area contributed by atoms with Crippen molar-refractivity contribution in [3.63, 3.8) is 0 Å². The number of carbonyl (C=O) groups excluding carboxylic acids is 3. The number of fused-ring (bicyclic) bond motifs is 2. The van der Waals surface area contributed by atoms with E-state index in [0.29, 0.717) is 36.4 Å². The number of thioether (sulfide) groups is 1. The first kappa shape index (κ1) is 26.2. The van der Waals surface area contributed by atoms with E-state index >= 15 is 0 Å². The first-order valence-electron chi connectivity index (χ1n) is 11.9. The molecule has 2 aromatic rings. The molecule has 1 unspecified atom stereocenters. The van der Waals surface area contributed by atoms with Gasteiger partial charge in [-0.1, -0.05) is 0 Å². The van der Waals surface area contributed by atoms with Crippen molar-refractivity contribution in [2.45, 2.75) is 62.2 Å². The van der Waals surface area contributed by atoms with Gasteiger partial charge in [-0.15, -0.1) is 23.1 Å². The standard InChI is InChI=1S/C26H31N3O5S2/c1-26(2,3)34-25(32)29-22(27)14-8-9-19-17(12-14)15(13-33-19)10-11-28-23(31)21-16-6-5-7-18(30)20(16)24(35-4)36-21/h8-9,12,15H,5-7,10-11,13H2,1-4H3,(H,28,31)(H2,27,29,32). The first-order valence-corrected chi connectivity index (χ1v) is 14.0. The lowest BCUT2D eigenvalue weighted by Gasteiger charge is -2.20. The van der Waals surface area contributed by atoms with Gasteiger partial charge in [0, 0.05) is 35.6 Å². The summed E-state index contributed by atoms with van der Waals surface area (Å²) in [7, 11) is 0. The van der Waals surface area contributed by atoms with Crippen molar-refractivity contribution in [3.05, 3.63) is 45.3 Å². The lowest BCUT2D eigenvalue weighted by molar-refractivity contribution is 0.0562. The van der Waals surface area contributed by atoms with E-state index in [0.717, 1.165) is 39.5 Å². The Balaban J connectivity index is 1.38. The number of carbonyl (C=O) groups is 3. The predicted octanol–water partition coefficient (Wildman–Crippen LogP) is 5.14. The number of amidine groups is 1. The number of rotatable bonds is 6. The van der Waals surface area contributed by atoms with Crippen LogP contribution in [0, 0.1) is 5.41 Å². The molecule has 0 bridgehead atoms. The van der Waals surface area contributed by atoms with Gasteiger partial charge in [0.25, 0.3) is 5.91 Å². The van der Waals surface area contributed by atoms with Crippen LogP contribution in [0.1, 0.15) is 82.7 Å². The van der Waals surface area contributed by atoms with E-state index in [9.17, 15) is 14.4 Å². The lowest BCUT2D eigenvalue weighted by atomic mass is 9.92. The fraction of sp³-hybridized carbons (Fsp3) is 0.462. The van der Waals surface area contributed by atoms with E-state index in [1.165, 1.54) is 23.1 Å². The first-order chi connectivity index (χ1) is 17.1. The fourth-order valence-electron chi connectivity index (χ4n) is 4.43. The van der Waals surface area contributed by atoms with Gasteiger partial charge in [0.15, 0.2) is 5.78 Å². The van der Waals surface area contributed by atoms with E-state index in [1.807, 2.05) is 12.3 Å². The van der Waals surface area contributed by atoms with Gasteiger partial charge in [-0.25, -0.2) is 4.79 Å². The van der Waals surface area contributed by atoms with Crippen LogP contribution in [0.25, 0.3) is 0 Å². The summed E-state index contributed by atoms with van der Waals surface area (Å²) in [6.45, 7) is 6.24. The number of nitrogens with one attached hydrogen (secondary N) is 3. The second kappa shape index (κ2) is 10.6. The highest BCUT2D eigenvalue weighted by atomic mass is 32.2. The zero-order valence-electron chi connectivity index (χ0n) is 20.9. The quantitative estimate of drug-likeness (QED) is 0.271. The third-order valence-corrected chi connectivity index (χ3v) is 8.41. The van der Waals surface area contributed by atoms with Gasteiger partial charge in [-0.3, -0.25) is 20.3 Å². The van der Waals surface area contributed by atoms with Crippen LogP contribution in [0.5, 0.6) is 5.75 Å². The average Bonchev–Trinajstić information content (AvgIpc) is 3.39. The van der Waals surface area contributed by atoms with Gasteiger partial charge in [-0.05, 0) is 70.1 Å². The zero-order chi connectivity index (χ0) is 26.0. The monoisotopic (exact) mass is 529 g/mol. The second-order valence-electron chi connectivity index (χ2n) is 9.86. The molecule has 4 rings (SSSR count). The Morgan fingerprint density at radius 2 is 2.06 bits per heavy atom. The van der Waals surface area contributed by atoms with Crippen molar-refractivity contribution in [1.29, 1.82) is 5.41 Å². The zero-order valence-corrected chi connectivity index (χ0v) is 22.5. The summed E-state index contributed by atoms with van der Waals surface area (Å²) in [6, 6.07) is 5.38. The molecule has 3 N–H and O–H groups in total. The van der Waals surface area contributed by atoms with Crippen LogP contribution in [-0.4, -0.2) is 48.6 Å². The number of Topliss-reactive ketones (excluding diaryl/α,β-unsaturated/α-hetero) is 1. The van der Waals surface area contributed by atoms with Gasteiger partial charge in [-0.2, -0.15) is 0 Å². The Labute approximate surface area is 219 Å². The van der Waals surface area contributed by atoms with Crippen LogP contribution in [0.2, 0.25) is 0 Å². The molecule has 2 amide bonds. The van der Waals surface area contributed by atoms with Crippen LogP contribution in [0.3, 0.4) is 0 Å². The van der Waals surface area contributed by atoms with Crippen molar-refractivity contribution in [2.24, 2.45) is 0 Å². The van der Waals surface area contributed by atoms with Crippen LogP contribution < -0.4 is 15.4 Å². The summed E-state index contributed by atoms with van der Waals surface area (Å²) in [5.74, 6) is 0.749. The molecular formula is C26H31N3O5S2. The molecule has 0 saturated carbocycles. The number of ketones is 1. The third kappa shape index (κ3) is 5.75. The average molecular weight is 530 g/mol. The van der Waals surface area contributed by atoms with Crippen molar-refractivity contribution in [3.8, 4) is 5.75 Å². The summed E-state index contributed by atoms with van der Waals surface area (Å²) in [5, 5.41) is 13.8.